The van der Waals surface area contributed by atoms with E-state index in [0.717, 1.165) is 17.7 Å². The minimum atomic E-state index is -4.33. The molecule has 0 unspecified atom stereocenters. The van der Waals surface area contributed by atoms with Crippen molar-refractivity contribution in [2.75, 3.05) is 0 Å². The van der Waals surface area contributed by atoms with Gasteiger partial charge in [-0.1, -0.05) is 35.9 Å². The molecule has 0 radical (unpaired) electrons. The lowest BCUT2D eigenvalue weighted by atomic mass is 10.2. The smallest absolute Gasteiger partial charge is 0.339 e. The number of rotatable bonds is 8. The van der Waals surface area contributed by atoms with Crippen LogP contribution in [-0.4, -0.2) is 28.0 Å². The average molecular weight is 476 g/mol. The van der Waals surface area contributed by atoms with E-state index in [1.807, 2.05) is 6.92 Å². The summed E-state index contributed by atoms with van der Waals surface area (Å²) >= 11 is 0. The van der Waals surface area contributed by atoms with E-state index in [9.17, 15) is 26.9 Å². The van der Waals surface area contributed by atoms with Crippen LogP contribution in [0.2, 0.25) is 0 Å². The second-order valence-electron chi connectivity index (χ2n) is 6.53. The van der Waals surface area contributed by atoms with Crippen molar-refractivity contribution in [3.8, 4) is 5.75 Å². The molecule has 0 atom stereocenters. The van der Waals surface area contributed by atoms with E-state index in [1.165, 1.54) is 48.7 Å². The first-order chi connectivity index (χ1) is 15.1. The van der Waals surface area contributed by atoms with Crippen molar-refractivity contribution in [1.29, 1.82) is 0 Å². The summed E-state index contributed by atoms with van der Waals surface area (Å²) in [6, 6.07) is 16.4. The normalized spacial score (nSPS) is 11.9. The fourth-order valence-corrected chi connectivity index (χ4v) is 4.27. The molecular weight excluding hydrogens is 458 g/mol. The fraction of sp³-hybridized carbons (Fsp3) is 0.0500. The zero-order chi connectivity index (χ0) is 23.4. The van der Waals surface area contributed by atoms with Gasteiger partial charge in [0.2, 0.25) is 0 Å². The van der Waals surface area contributed by atoms with E-state index in [0.29, 0.717) is 5.56 Å². The molecule has 0 aromatic heterocycles. The maximum atomic E-state index is 12.4. The zero-order valence-electron chi connectivity index (χ0n) is 16.6. The zero-order valence-corrected chi connectivity index (χ0v) is 18.2. The number of hydrogen-bond acceptors (Lipinski definition) is 8. The van der Waals surface area contributed by atoms with E-state index in [-0.39, 0.29) is 15.5 Å². The standard InChI is InChI=1S/C20H17N3O7S2/c1-15-8-10-19(11-9-15)31(26,27)22-21-14-16-4-2-6-18(12-16)30-32(28,29)20-7-3-5-17(13-20)23(24)25/h2-14,22H,1H3. The largest absolute Gasteiger partial charge is 0.379 e. The molecule has 166 valence electrons. The van der Waals surface area contributed by atoms with Crippen LogP contribution in [0.3, 0.4) is 0 Å². The Hall–Kier alpha value is -3.77. The first-order valence-corrected chi connectivity index (χ1v) is 11.9. The van der Waals surface area contributed by atoms with Crippen LogP contribution in [0.1, 0.15) is 11.1 Å². The Balaban J connectivity index is 1.74. The number of hydrazone groups is 1. The van der Waals surface area contributed by atoms with Crippen molar-refractivity contribution in [1.82, 2.24) is 4.83 Å². The third-order valence-electron chi connectivity index (χ3n) is 4.10. The van der Waals surface area contributed by atoms with E-state index in [4.69, 9.17) is 4.18 Å². The SMILES string of the molecule is Cc1ccc(S(=O)(=O)NN=Cc2cccc(OS(=O)(=O)c3cccc([N+](=O)[O-])c3)c2)cc1. The van der Waals surface area contributed by atoms with Gasteiger partial charge in [0, 0.05) is 12.1 Å². The van der Waals surface area contributed by atoms with Crippen molar-refractivity contribution in [2.45, 2.75) is 16.7 Å². The summed E-state index contributed by atoms with van der Waals surface area (Å²) in [4.78, 5) is 11.9. The maximum absolute atomic E-state index is 12.4. The summed E-state index contributed by atoms with van der Waals surface area (Å²) in [5.74, 6) is -0.0816. The molecule has 0 amide bonds. The molecular formula is C20H17N3O7S2. The Morgan fingerprint density at radius 1 is 0.938 bits per heavy atom. The van der Waals surface area contributed by atoms with Crippen LogP contribution in [0, 0.1) is 17.0 Å². The molecule has 0 saturated carbocycles. The highest BCUT2D eigenvalue weighted by atomic mass is 32.2. The molecule has 0 aliphatic carbocycles. The second kappa shape index (κ2) is 9.16. The summed E-state index contributed by atoms with van der Waals surface area (Å²) in [5.41, 5.74) is 0.865. The highest BCUT2D eigenvalue weighted by Crippen LogP contribution is 2.22. The molecule has 0 spiro atoms. The fourth-order valence-electron chi connectivity index (χ4n) is 2.51. The van der Waals surface area contributed by atoms with Crippen LogP contribution in [0.4, 0.5) is 5.69 Å². The van der Waals surface area contributed by atoms with Crippen LogP contribution >= 0.6 is 0 Å². The molecule has 0 aliphatic rings. The Bertz CT molecular complexity index is 1380. The molecule has 32 heavy (non-hydrogen) atoms. The number of nitrogens with zero attached hydrogens (tertiary/aromatic N) is 2. The Labute approximate surface area is 184 Å². The van der Waals surface area contributed by atoms with E-state index in [2.05, 4.69) is 9.93 Å². The van der Waals surface area contributed by atoms with E-state index >= 15 is 0 Å². The number of nitrogens with one attached hydrogen (secondary N) is 1. The van der Waals surface area contributed by atoms with Crippen molar-refractivity contribution in [3.63, 3.8) is 0 Å². The molecule has 12 heteroatoms. The Kier molecular flexibility index (Phi) is 6.55. The first kappa shape index (κ1) is 22.9. The predicted octanol–water partition coefficient (Wildman–Crippen LogP) is 2.98. The molecule has 0 bridgehead atoms. The highest BCUT2D eigenvalue weighted by molar-refractivity contribution is 7.89. The molecule has 0 heterocycles. The van der Waals surface area contributed by atoms with Crippen LogP contribution in [0.25, 0.3) is 0 Å². The molecule has 3 rings (SSSR count). The van der Waals surface area contributed by atoms with E-state index in [1.54, 1.807) is 18.2 Å². The highest BCUT2D eigenvalue weighted by Gasteiger charge is 2.20. The summed E-state index contributed by atoms with van der Waals surface area (Å²) in [6.07, 6.45) is 1.18. The van der Waals surface area contributed by atoms with Gasteiger partial charge in [0.05, 0.1) is 16.0 Å². The van der Waals surface area contributed by atoms with Crippen LogP contribution < -0.4 is 9.01 Å². The minimum absolute atomic E-state index is 0.0420. The molecule has 3 aromatic carbocycles. The van der Waals surface area contributed by atoms with Crippen LogP contribution in [-0.2, 0) is 20.1 Å². The molecule has 10 nitrogen and oxygen atoms in total. The van der Waals surface area contributed by atoms with Gasteiger partial charge in [0.15, 0.2) is 0 Å². The average Bonchev–Trinajstić information content (AvgIpc) is 2.74. The predicted molar refractivity (Wildman–Crippen MR) is 116 cm³/mol. The number of aryl methyl sites for hydroxylation is 1. The summed E-state index contributed by atoms with van der Waals surface area (Å²) in [7, 11) is -8.19. The maximum Gasteiger partial charge on any atom is 0.339 e. The number of nitro groups is 1. The topological polar surface area (TPSA) is 145 Å². The Morgan fingerprint density at radius 2 is 1.62 bits per heavy atom. The Morgan fingerprint density at radius 3 is 2.31 bits per heavy atom. The molecule has 0 aliphatic heterocycles. The number of hydrogen-bond donors (Lipinski definition) is 1. The first-order valence-electron chi connectivity index (χ1n) is 8.97. The summed E-state index contributed by atoms with van der Waals surface area (Å²) < 4.78 is 54.4. The van der Waals surface area contributed by atoms with Gasteiger partial charge in [-0.15, -0.1) is 0 Å². The van der Waals surface area contributed by atoms with Crippen molar-refractivity contribution < 1.29 is 25.9 Å². The van der Waals surface area contributed by atoms with Crippen molar-refractivity contribution in [2.24, 2.45) is 5.10 Å². The van der Waals surface area contributed by atoms with Crippen LogP contribution in [0.15, 0.2) is 87.7 Å². The van der Waals surface area contributed by atoms with E-state index < -0.39 is 30.8 Å². The van der Waals surface area contributed by atoms with Gasteiger partial charge in [0.25, 0.3) is 15.7 Å². The lowest BCUT2D eigenvalue weighted by molar-refractivity contribution is -0.385. The third kappa shape index (κ3) is 5.68. The van der Waals surface area contributed by atoms with Crippen LogP contribution in [0.5, 0.6) is 5.75 Å². The summed E-state index contributed by atoms with van der Waals surface area (Å²) in [6.45, 7) is 1.83. The lowest BCUT2D eigenvalue weighted by Crippen LogP contribution is -2.18. The van der Waals surface area contributed by atoms with Crippen molar-refractivity contribution in [3.05, 3.63) is 94.0 Å². The molecule has 0 saturated heterocycles. The van der Waals surface area contributed by atoms with Gasteiger partial charge >= 0.3 is 10.1 Å². The quantitative estimate of drug-likeness (QED) is 0.228. The molecule has 1 N–H and O–H groups in total. The minimum Gasteiger partial charge on any atom is -0.379 e. The van der Waals surface area contributed by atoms with Gasteiger partial charge in [-0.05, 0) is 42.8 Å². The summed E-state index contributed by atoms with van der Waals surface area (Å²) in [5, 5.41) is 14.6. The third-order valence-corrected chi connectivity index (χ3v) is 6.58. The monoisotopic (exact) mass is 475 g/mol. The number of nitro benzene ring substituents is 1. The van der Waals surface area contributed by atoms with Gasteiger partial charge < -0.3 is 4.18 Å². The number of non-ortho nitro benzene ring substituents is 1. The second-order valence-corrected chi connectivity index (χ2v) is 9.74. The van der Waals surface area contributed by atoms with Gasteiger partial charge in [-0.25, -0.2) is 4.83 Å². The number of benzene rings is 3. The van der Waals surface area contributed by atoms with Gasteiger partial charge in [-0.2, -0.15) is 21.9 Å². The molecule has 0 fully saturated rings. The van der Waals surface area contributed by atoms with Gasteiger partial charge in [0.1, 0.15) is 10.6 Å². The van der Waals surface area contributed by atoms with Crippen molar-refractivity contribution >= 4 is 32.0 Å². The lowest BCUT2D eigenvalue weighted by Gasteiger charge is -2.07. The molecule has 3 aromatic rings. The van der Waals surface area contributed by atoms with Gasteiger partial charge in [-0.3, -0.25) is 10.1 Å². The number of sulfonamides is 1.